The minimum absolute atomic E-state index is 0.0700. The van der Waals surface area contributed by atoms with Crippen LogP contribution in [0, 0.1) is 0 Å². The van der Waals surface area contributed by atoms with Gasteiger partial charge in [0.1, 0.15) is 0 Å². The smallest absolute Gasteiger partial charge is 0.263 e. The molecule has 1 aliphatic heterocycles. The highest BCUT2D eigenvalue weighted by molar-refractivity contribution is 7.20. The average molecular weight is 346 g/mol. The second-order valence-electron chi connectivity index (χ2n) is 6.87. The minimum Gasteiger partial charge on any atom is -0.338 e. The molecule has 3 heterocycles. The number of carbonyl (C=O) groups is 1. The van der Waals surface area contributed by atoms with E-state index < -0.39 is 0 Å². The number of likely N-dealkylation sites (tertiary alicyclic amines) is 1. The summed E-state index contributed by atoms with van der Waals surface area (Å²) in [5.41, 5.74) is 2.48. The number of rotatable bonds is 1. The summed E-state index contributed by atoms with van der Waals surface area (Å²) in [6, 6.07) is 14.4. The number of fused-ring (bicyclic) bond motifs is 3. The van der Waals surface area contributed by atoms with Gasteiger partial charge in [-0.2, -0.15) is 0 Å². The number of carbonyl (C=O) groups excluding carboxylic acids is 1. The fourth-order valence-corrected chi connectivity index (χ4v) is 5.12. The van der Waals surface area contributed by atoms with Crippen LogP contribution in [0.2, 0.25) is 0 Å². The van der Waals surface area contributed by atoms with E-state index in [-0.39, 0.29) is 11.3 Å². The van der Waals surface area contributed by atoms with Crippen LogP contribution in [0.4, 0.5) is 0 Å². The van der Waals surface area contributed by atoms with Crippen molar-refractivity contribution in [2.24, 2.45) is 0 Å². The van der Waals surface area contributed by atoms with E-state index in [1.807, 2.05) is 35.4 Å². The molecule has 5 rings (SSSR count). The number of allylic oxidation sites excluding steroid dienone is 1. The summed E-state index contributed by atoms with van der Waals surface area (Å²) >= 11 is 1.60. The lowest BCUT2D eigenvalue weighted by molar-refractivity contribution is 0.0695. The molecule has 4 heteroatoms. The number of nitrogens with zero attached hydrogens (tertiary/aromatic N) is 2. The Morgan fingerprint density at radius 2 is 1.96 bits per heavy atom. The molecular weight excluding hydrogens is 328 g/mol. The van der Waals surface area contributed by atoms with Gasteiger partial charge >= 0.3 is 0 Å². The van der Waals surface area contributed by atoms with Crippen molar-refractivity contribution in [1.82, 2.24) is 9.88 Å². The van der Waals surface area contributed by atoms with Crippen molar-refractivity contribution >= 4 is 33.4 Å². The molecule has 2 aliphatic rings. The van der Waals surface area contributed by atoms with E-state index >= 15 is 0 Å². The van der Waals surface area contributed by atoms with Crippen LogP contribution in [0.15, 0.2) is 54.7 Å². The van der Waals surface area contributed by atoms with Gasteiger partial charge in [0.15, 0.2) is 0 Å². The van der Waals surface area contributed by atoms with E-state index in [1.165, 1.54) is 10.3 Å². The standard InChI is InChI=1S/C21H18N2OS/c24-20(19-14-15-4-1-2-6-18(15)25-19)23-12-9-21(10-13-23)8-7-17-16(21)5-3-11-22-17/h1-8,11,14H,9-10,12-13H2. The second kappa shape index (κ2) is 5.53. The Morgan fingerprint density at radius 1 is 1.12 bits per heavy atom. The van der Waals surface area contributed by atoms with Crippen LogP contribution in [0.3, 0.4) is 0 Å². The Balaban J connectivity index is 1.37. The predicted octanol–water partition coefficient (Wildman–Crippen LogP) is 4.50. The predicted molar refractivity (Wildman–Crippen MR) is 102 cm³/mol. The van der Waals surface area contributed by atoms with Gasteiger partial charge < -0.3 is 4.90 Å². The second-order valence-corrected chi connectivity index (χ2v) is 7.95. The van der Waals surface area contributed by atoms with Crippen molar-refractivity contribution < 1.29 is 4.79 Å². The molecule has 124 valence electrons. The number of pyridine rings is 1. The van der Waals surface area contributed by atoms with E-state index in [0.29, 0.717) is 0 Å². The first-order valence-corrected chi connectivity index (χ1v) is 9.49. The highest BCUT2D eigenvalue weighted by atomic mass is 32.1. The molecule has 1 aliphatic carbocycles. The van der Waals surface area contributed by atoms with E-state index in [0.717, 1.165) is 41.9 Å². The zero-order chi connectivity index (χ0) is 16.9. The summed E-state index contributed by atoms with van der Waals surface area (Å²) in [7, 11) is 0. The summed E-state index contributed by atoms with van der Waals surface area (Å²) in [6.45, 7) is 1.59. The van der Waals surface area contributed by atoms with Gasteiger partial charge in [-0.1, -0.05) is 30.3 Å². The van der Waals surface area contributed by atoms with E-state index in [4.69, 9.17) is 0 Å². The van der Waals surface area contributed by atoms with Crippen LogP contribution in [-0.4, -0.2) is 28.9 Å². The largest absolute Gasteiger partial charge is 0.338 e. The van der Waals surface area contributed by atoms with Crippen molar-refractivity contribution in [2.45, 2.75) is 18.3 Å². The first-order chi connectivity index (χ1) is 12.3. The minimum atomic E-state index is 0.0700. The lowest BCUT2D eigenvalue weighted by atomic mass is 9.75. The monoisotopic (exact) mass is 346 g/mol. The summed E-state index contributed by atoms with van der Waals surface area (Å²) < 4.78 is 1.18. The maximum atomic E-state index is 12.9. The molecular formula is C21H18N2OS. The maximum absolute atomic E-state index is 12.9. The van der Waals surface area contributed by atoms with Gasteiger partial charge in [0, 0.05) is 29.4 Å². The highest BCUT2D eigenvalue weighted by Gasteiger charge is 2.39. The van der Waals surface area contributed by atoms with Crippen molar-refractivity contribution in [3.8, 4) is 0 Å². The molecule has 0 atom stereocenters. The third-order valence-corrected chi connectivity index (χ3v) is 6.62. The van der Waals surface area contributed by atoms with Crippen molar-refractivity contribution in [3.63, 3.8) is 0 Å². The van der Waals surface area contributed by atoms with Gasteiger partial charge in [0.05, 0.1) is 10.6 Å². The molecule has 0 saturated carbocycles. The summed E-state index contributed by atoms with van der Waals surface area (Å²) in [6.07, 6.45) is 8.23. The fraction of sp³-hybridized carbons (Fsp3) is 0.238. The van der Waals surface area contributed by atoms with Gasteiger partial charge in [-0.05, 0) is 48.1 Å². The molecule has 2 aromatic heterocycles. The zero-order valence-electron chi connectivity index (χ0n) is 13.8. The van der Waals surface area contributed by atoms with E-state index in [1.54, 1.807) is 11.3 Å². The van der Waals surface area contributed by atoms with Crippen LogP contribution in [-0.2, 0) is 5.41 Å². The first-order valence-electron chi connectivity index (χ1n) is 8.68. The average Bonchev–Trinajstić information content (AvgIpc) is 3.25. The Hall–Kier alpha value is -2.46. The first kappa shape index (κ1) is 14.8. The summed E-state index contributed by atoms with van der Waals surface area (Å²) in [4.78, 5) is 20.3. The molecule has 0 radical (unpaired) electrons. The fourth-order valence-electron chi connectivity index (χ4n) is 4.09. The Kier molecular flexibility index (Phi) is 3.28. The van der Waals surface area contributed by atoms with Gasteiger partial charge in [-0.3, -0.25) is 9.78 Å². The maximum Gasteiger partial charge on any atom is 0.263 e. The number of aromatic nitrogens is 1. The molecule has 1 amide bonds. The molecule has 0 N–H and O–H groups in total. The lowest BCUT2D eigenvalue weighted by Gasteiger charge is -2.39. The van der Waals surface area contributed by atoms with Crippen LogP contribution in [0.25, 0.3) is 16.2 Å². The Bertz CT molecular complexity index is 963. The quantitative estimate of drug-likeness (QED) is 0.650. The molecule has 0 bridgehead atoms. The number of hydrogen-bond acceptors (Lipinski definition) is 3. The van der Waals surface area contributed by atoms with Crippen molar-refractivity contribution in [2.75, 3.05) is 13.1 Å². The Labute approximate surface area is 150 Å². The summed E-state index contributed by atoms with van der Waals surface area (Å²) in [5.74, 6) is 0.171. The third kappa shape index (κ3) is 2.32. The molecule has 3 aromatic rings. The molecule has 25 heavy (non-hydrogen) atoms. The topological polar surface area (TPSA) is 33.2 Å². The van der Waals surface area contributed by atoms with E-state index in [2.05, 4.69) is 35.3 Å². The molecule has 0 unspecified atom stereocenters. The van der Waals surface area contributed by atoms with Crippen molar-refractivity contribution in [3.05, 3.63) is 70.9 Å². The number of piperidine rings is 1. The normalized spacial score (nSPS) is 18.0. The zero-order valence-corrected chi connectivity index (χ0v) is 14.6. The molecule has 1 aromatic carbocycles. The number of benzene rings is 1. The van der Waals surface area contributed by atoms with Crippen molar-refractivity contribution in [1.29, 1.82) is 0 Å². The van der Waals surface area contributed by atoms with Gasteiger partial charge in [0.25, 0.3) is 5.91 Å². The van der Waals surface area contributed by atoms with Gasteiger partial charge in [-0.25, -0.2) is 0 Å². The molecule has 1 fully saturated rings. The number of hydrogen-bond donors (Lipinski definition) is 0. The van der Waals surface area contributed by atoms with Gasteiger partial charge in [0.2, 0.25) is 0 Å². The van der Waals surface area contributed by atoms with Gasteiger partial charge in [-0.15, -0.1) is 11.3 Å². The number of amides is 1. The molecule has 3 nitrogen and oxygen atoms in total. The van der Waals surface area contributed by atoms with Crippen LogP contribution in [0.5, 0.6) is 0 Å². The highest BCUT2D eigenvalue weighted by Crippen LogP contribution is 2.43. The molecule has 1 saturated heterocycles. The lowest BCUT2D eigenvalue weighted by Crippen LogP contribution is -2.43. The van der Waals surface area contributed by atoms with Crippen LogP contribution >= 0.6 is 11.3 Å². The Morgan fingerprint density at radius 3 is 2.80 bits per heavy atom. The third-order valence-electron chi connectivity index (χ3n) is 5.51. The SMILES string of the molecule is O=C(c1cc2ccccc2s1)N1CCC2(C=Cc3ncccc32)CC1. The van der Waals surface area contributed by atoms with Crippen LogP contribution < -0.4 is 0 Å². The number of thiophene rings is 1. The molecule has 1 spiro atoms. The summed E-state index contributed by atoms with van der Waals surface area (Å²) in [5, 5.41) is 1.16. The van der Waals surface area contributed by atoms with E-state index in [9.17, 15) is 4.79 Å². The van der Waals surface area contributed by atoms with Crippen LogP contribution in [0.1, 0.15) is 33.8 Å².